The van der Waals surface area contributed by atoms with Crippen molar-refractivity contribution in [1.82, 2.24) is 5.32 Å². The van der Waals surface area contributed by atoms with E-state index in [-0.39, 0.29) is 12.4 Å². The Bertz CT molecular complexity index is 485. The molecule has 1 heterocycles. The molecule has 4 nitrogen and oxygen atoms in total. The summed E-state index contributed by atoms with van der Waals surface area (Å²) in [5.41, 5.74) is 1.14. The SMILES string of the molecule is COc1ccc(CNCc2ccco2)cc1OC.Cl. The van der Waals surface area contributed by atoms with Crippen LogP contribution in [0, 0.1) is 0 Å². The molecule has 0 amide bonds. The quantitative estimate of drug-likeness (QED) is 0.885. The van der Waals surface area contributed by atoms with Crippen molar-refractivity contribution < 1.29 is 13.9 Å². The molecule has 0 spiro atoms. The Morgan fingerprint density at radius 2 is 1.84 bits per heavy atom. The zero-order valence-electron chi connectivity index (χ0n) is 11.0. The fourth-order valence-corrected chi connectivity index (χ4v) is 1.73. The van der Waals surface area contributed by atoms with Gasteiger partial charge in [-0.05, 0) is 29.8 Å². The van der Waals surface area contributed by atoms with E-state index in [0.717, 1.165) is 29.4 Å². The number of hydrogen-bond acceptors (Lipinski definition) is 4. The summed E-state index contributed by atoms with van der Waals surface area (Å²) in [6.45, 7) is 1.46. The van der Waals surface area contributed by atoms with E-state index >= 15 is 0 Å². The van der Waals surface area contributed by atoms with Gasteiger partial charge in [-0.3, -0.25) is 0 Å². The molecule has 0 aliphatic carbocycles. The minimum atomic E-state index is 0. The molecule has 0 atom stereocenters. The van der Waals surface area contributed by atoms with Gasteiger partial charge >= 0.3 is 0 Å². The number of methoxy groups -OCH3 is 2. The zero-order valence-corrected chi connectivity index (χ0v) is 11.8. The van der Waals surface area contributed by atoms with Crippen molar-refractivity contribution in [1.29, 1.82) is 0 Å². The number of furan rings is 1. The van der Waals surface area contributed by atoms with E-state index in [4.69, 9.17) is 13.9 Å². The Kier molecular flexibility index (Phi) is 6.25. The lowest BCUT2D eigenvalue weighted by atomic mass is 10.2. The highest BCUT2D eigenvalue weighted by atomic mass is 35.5. The molecule has 19 heavy (non-hydrogen) atoms. The highest BCUT2D eigenvalue weighted by Crippen LogP contribution is 2.27. The van der Waals surface area contributed by atoms with Gasteiger partial charge in [0, 0.05) is 6.54 Å². The zero-order chi connectivity index (χ0) is 12.8. The predicted octanol–water partition coefficient (Wildman–Crippen LogP) is 3.01. The number of benzene rings is 1. The van der Waals surface area contributed by atoms with E-state index < -0.39 is 0 Å². The fraction of sp³-hybridized carbons (Fsp3) is 0.286. The Hall–Kier alpha value is -1.65. The second-order valence-corrected chi connectivity index (χ2v) is 3.87. The van der Waals surface area contributed by atoms with Crippen LogP contribution in [0.3, 0.4) is 0 Å². The number of halogens is 1. The summed E-state index contributed by atoms with van der Waals surface area (Å²) in [6, 6.07) is 9.71. The number of nitrogens with one attached hydrogen (secondary N) is 1. The van der Waals surface area contributed by atoms with Crippen molar-refractivity contribution in [3.8, 4) is 11.5 Å². The molecule has 5 heteroatoms. The first-order valence-electron chi connectivity index (χ1n) is 5.77. The van der Waals surface area contributed by atoms with Gasteiger partial charge in [0.1, 0.15) is 5.76 Å². The van der Waals surface area contributed by atoms with Crippen LogP contribution in [0.5, 0.6) is 11.5 Å². The second-order valence-electron chi connectivity index (χ2n) is 3.87. The van der Waals surface area contributed by atoms with E-state index in [0.29, 0.717) is 6.54 Å². The van der Waals surface area contributed by atoms with Crippen LogP contribution in [0.1, 0.15) is 11.3 Å². The van der Waals surface area contributed by atoms with Gasteiger partial charge in [0.2, 0.25) is 0 Å². The fourth-order valence-electron chi connectivity index (χ4n) is 1.73. The topological polar surface area (TPSA) is 43.6 Å². The van der Waals surface area contributed by atoms with Crippen molar-refractivity contribution in [3.05, 3.63) is 47.9 Å². The van der Waals surface area contributed by atoms with Gasteiger partial charge in [-0.15, -0.1) is 12.4 Å². The molecule has 1 N–H and O–H groups in total. The Labute approximate surface area is 119 Å². The van der Waals surface area contributed by atoms with Crippen LogP contribution in [-0.4, -0.2) is 14.2 Å². The van der Waals surface area contributed by atoms with Crippen LogP contribution >= 0.6 is 12.4 Å². The molecule has 104 valence electrons. The van der Waals surface area contributed by atoms with Crippen LogP contribution in [0.4, 0.5) is 0 Å². The Morgan fingerprint density at radius 3 is 2.47 bits per heavy atom. The smallest absolute Gasteiger partial charge is 0.161 e. The summed E-state index contributed by atoms with van der Waals surface area (Å²) in [6.07, 6.45) is 1.67. The number of ether oxygens (including phenoxy) is 2. The highest BCUT2D eigenvalue weighted by Gasteiger charge is 2.04. The van der Waals surface area contributed by atoms with Crippen LogP contribution in [0.25, 0.3) is 0 Å². The lowest BCUT2D eigenvalue weighted by molar-refractivity contribution is 0.354. The molecule has 0 saturated heterocycles. The molecule has 0 aliphatic rings. The molecule has 0 fully saturated rings. The normalized spacial score (nSPS) is 9.79. The van der Waals surface area contributed by atoms with E-state index in [1.165, 1.54) is 0 Å². The van der Waals surface area contributed by atoms with Crippen LogP contribution in [0.2, 0.25) is 0 Å². The van der Waals surface area contributed by atoms with Crippen molar-refractivity contribution >= 4 is 12.4 Å². The van der Waals surface area contributed by atoms with Gasteiger partial charge in [0.15, 0.2) is 11.5 Å². The summed E-state index contributed by atoms with van der Waals surface area (Å²) >= 11 is 0. The Balaban J connectivity index is 0.00000180. The van der Waals surface area contributed by atoms with Crippen LogP contribution in [-0.2, 0) is 13.1 Å². The molecular formula is C14H18ClNO3. The molecule has 0 radical (unpaired) electrons. The van der Waals surface area contributed by atoms with E-state index in [9.17, 15) is 0 Å². The molecule has 0 aliphatic heterocycles. The van der Waals surface area contributed by atoms with Gasteiger partial charge in [-0.25, -0.2) is 0 Å². The minimum Gasteiger partial charge on any atom is -0.493 e. The molecule has 0 bridgehead atoms. The number of hydrogen-bond donors (Lipinski definition) is 1. The summed E-state index contributed by atoms with van der Waals surface area (Å²) < 4.78 is 15.7. The van der Waals surface area contributed by atoms with Gasteiger partial charge < -0.3 is 19.2 Å². The maximum absolute atomic E-state index is 5.26. The number of rotatable bonds is 6. The van der Waals surface area contributed by atoms with Gasteiger partial charge in [-0.1, -0.05) is 6.07 Å². The lowest BCUT2D eigenvalue weighted by Crippen LogP contribution is -2.12. The first-order valence-corrected chi connectivity index (χ1v) is 5.77. The van der Waals surface area contributed by atoms with Crippen molar-refractivity contribution in [2.24, 2.45) is 0 Å². The monoisotopic (exact) mass is 283 g/mol. The summed E-state index contributed by atoms with van der Waals surface area (Å²) in [7, 11) is 3.27. The van der Waals surface area contributed by atoms with Crippen LogP contribution in [0.15, 0.2) is 41.0 Å². The maximum Gasteiger partial charge on any atom is 0.161 e. The molecular weight excluding hydrogens is 266 g/mol. The van der Waals surface area contributed by atoms with Crippen LogP contribution < -0.4 is 14.8 Å². The van der Waals surface area contributed by atoms with Gasteiger partial charge in [0.05, 0.1) is 27.0 Å². The highest BCUT2D eigenvalue weighted by molar-refractivity contribution is 5.85. The first kappa shape index (κ1) is 15.4. The average Bonchev–Trinajstić information content (AvgIpc) is 2.91. The van der Waals surface area contributed by atoms with E-state index in [1.807, 2.05) is 30.3 Å². The maximum atomic E-state index is 5.26. The minimum absolute atomic E-state index is 0. The van der Waals surface area contributed by atoms with Gasteiger partial charge in [0.25, 0.3) is 0 Å². The first-order chi connectivity index (χ1) is 8.83. The predicted molar refractivity (Wildman–Crippen MR) is 76.0 cm³/mol. The third kappa shape index (κ3) is 4.19. The molecule has 1 aromatic carbocycles. The van der Waals surface area contributed by atoms with Crippen molar-refractivity contribution in [2.75, 3.05) is 14.2 Å². The molecule has 1 aromatic heterocycles. The average molecular weight is 284 g/mol. The summed E-state index contributed by atoms with van der Waals surface area (Å²) in [5.74, 6) is 2.41. The summed E-state index contributed by atoms with van der Waals surface area (Å²) in [4.78, 5) is 0. The molecule has 2 aromatic rings. The lowest BCUT2D eigenvalue weighted by Gasteiger charge is -2.09. The van der Waals surface area contributed by atoms with Crippen molar-refractivity contribution in [2.45, 2.75) is 13.1 Å². The molecule has 2 rings (SSSR count). The Morgan fingerprint density at radius 1 is 1.05 bits per heavy atom. The third-order valence-corrected chi connectivity index (χ3v) is 2.66. The van der Waals surface area contributed by atoms with Crippen molar-refractivity contribution in [3.63, 3.8) is 0 Å². The standard InChI is InChI=1S/C14H17NO3.ClH/c1-16-13-6-5-11(8-14(13)17-2)9-15-10-12-4-3-7-18-12;/h3-8,15H,9-10H2,1-2H3;1H. The molecule has 0 saturated carbocycles. The molecule has 0 unspecified atom stereocenters. The van der Waals surface area contributed by atoms with Gasteiger partial charge in [-0.2, -0.15) is 0 Å². The van der Waals surface area contributed by atoms with E-state index in [1.54, 1.807) is 20.5 Å². The second kappa shape index (κ2) is 7.71. The largest absolute Gasteiger partial charge is 0.493 e. The third-order valence-electron chi connectivity index (χ3n) is 2.66. The van der Waals surface area contributed by atoms with E-state index in [2.05, 4.69) is 5.32 Å². The summed E-state index contributed by atoms with van der Waals surface area (Å²) in [5, 5.41) is 3.30.